The van der Waals surface area contributed by atoms with Crippen molar-refractivity contribution in [3.63, 3.8) is 0 Å². The molecule has 1 aromatic rings. The van der Waals surface area contributed by atoms with E-state index in [4.69, 9.17) is 42.5 Å². The lowest BCUT2D eigenvalue weighted by molar-refractivity contribution is -0.0467. The molecule has 0 aliphatic carbocycles. The van der Waals surface area contributed by atoms with Crippen molar-refractivity contribution in [2.24, 2.45) is 5.73 Å². The smallest absolute Gasteiger partial charge is 0.387 e. The molecule has 2 heterocycles. The van der Waals surface area contributed by atoms with Crippen LogP contribution in [0.15, 0.2) is 17.1 Å². The molecule has 1 aliphatic heterocycles. The highest BCUT2D eigenvalue weighted by Gasteiger charge is 2.55. The molecule has 21 heteroatoms. The third kappa shape index (κ3) is 6.67. The average Bonchev–Trinajstić information content (AvgIpc) is 2.82. The van der Waals surface area contributed by atoms with Crippen LogP contribution >= 0.6 is 35.1 Å². The molecule has 1 aromatic heterocycles. The lowest BCUT2D eigenvalue weighted by Crippen LogP contribution is -2.55. The molecule has 0 saturated carbocycles. The molecule has 1 saturated heterocycles. The number of aliphatic hydroxyl groups is 1. The molecule has 180 valence electrons. The minimum absolute atomic E-state index is 0.139. The van der Waals surface area contributed by atoms with Crippen LogP contribution in [0.2, 0.25) is 0 Å². The number of aliphatic hydroxyl groups excluding tert-OH is 1. The Bertz CT molecular complexity index is 1130. The largest absolute Gasteiger partial charge is 0.490 e. The van der Waals surface area contributed by atoms with E-state index in [2.05, 4.69) is 24.0 Å². The second-order valence-electron chi connectivity index (χ2n) is 6.05. The van der Waals surface area contributed by atoms with Gasteiger partial charge in [0.25, 0.3) is 0 Å². The maximum absolute atomic E-state index is 12.1. The van der Waals surface area contributed by atoms with Gasteiger partial charge in [0.05, 0.1) is 6.61 Å². The maximum atomic E-state index is 12.1. The first-order chi connectivity index (χ1) is 14.5. The molecule has 1 aliphatic rings. The van der Waals surface area contributed by atoms with E-state index in [1.54, 1.807) is 0 Å². The standard InChI is InChI=1S/C11H16ClN4O13P3/c12-3-2-11(14)8(17)6(27-9(11)16-4-1-7(13)15-10(16)18)5-26-31(22,23)29-32(24,25)28-30(19,20)21/h1,4,6,8-9,17H,5,14H2,(H,22,23)(H,24,25)(H2,13,15,18)(H2,19,20,21)/t6-,8+,9-,11?/m1/s1. The van der Waals surface area contributed by atoms with Gasteiger partial charge in [0, 0.05) is 11.6 Å². The molecule has 6 atom stereocenters. The third-order valence-electron chi connectivity index (χ3n) is 3.74. The minimum atomic E-state index is -5.75. The number of hydrogen-bond donors (Lipinski definition) is 7. The summed E-state index contributed by atoms with van der Waals surface area (Å²) in [5.74, 6) is 2.10. The van der Waals surface area contributed by atoms with Crippen LogP contribution in [0.4, 0.5) is 5.82 Å². The van der Waals surface area contributed by atoms with Gasteiger partial charge in [-0.25, -0.2) is 18.5 Å². The van der Waals surface area contributed by atoms with Gasteiger partial charge in [-0.2, -0.15) is 13.6 Å². The Morgan fingerprint density at radius 2 is 1.88 bits per heavy atom. The van der Waals surface area contributed by atoms with Gasteiger partial charge in [0.15, 0.2) is 11.8 Å². The van der Waals surface area contributed by atoms with E-state index in [0.29, 0.717) is 0 Å². The Balaban J connectivity index is 2.23. The number of nitrogens with zero attached hydrogens (tertiary/aromatic N) is 2. The highest BCUT2D eigenvalue weighted by Crippen LogP contribution is 2.66. The predicted octanol–water partition coefficient (Wildman–Crippen LogP) is -1.68. The number of anilines is 1. The zero-order valence-electron chi connectivity index (χ0n) is 15.4. The number of hydrogen-bond acceptors (Lipinski definition) is 12. The summed E-state index contributed by atoms with van der Waals surface area (Å²) in [5, 5.41) is 12.4. The van der Waals surface area contributed by atoms with Gasteiger partial charge in [-0.3, -0.25) is 9.09 Å². The lowest BCUT2D eigenvalue weighted by Gasteiger charge is -2.27. The number of rotatable bonds is 8. The first kappa shape index (κ1) is 27.1. The van der Waals surface area contributed by atoms with Gasteiger partial charge in [-0.1, -0.05) is 5.92 Å². The van der Waals surface area contributed by atoms with E-state index in [9.17, 15) is 28.5 Å². The Hall–Kier alpha value is -1.18. The molecule has 0 spiro atoms. The summed E-state index contributed by atoms with van der Waals surface area (Å²) in [6, 6.07) is 1.20. The number of aromatic nitrogens is 2. The van der Waals surface area contributed by atoms with Crippen LogP contribution < -0.4 is 17.2 Å². The van der Waals surface area contributed by atoms with E-state index in [1.165, 1.54) is 6.07 Å². The third-order valence-corrected chi connectivity index (χ3v) is 7.64. The highest BCUT2D eigenvalue weighted by atomic mass is 35.5. The zero-order chi connectivity index (χ0) is 24.5. The van der Waals surface area contributed by atoms with E-state index >= 15 is 0 Å². The number of halogens is 1. The molecule has 17 nitrogen and oxygen atoms in total. The first-order valence-electron chi connectivity index (χ1n) is 7.88. The molecule has 2 rings (SSSR count). The van der Waals surface area contributed by atoms with Gasteiger partial charge < -0.3 is 40.9 Å². The lowest BCUT2D eigenvalue weighted by atomic mass is 9.92. The summed E-state index contributed by atoms with van der Waals surface area (Å²) in [6.07, 6.45) is -3.87. The summed E-state index contributed by atoms with van der Waals surface area (Å²) < 4.78 is 51.6. The fraction of sp³-hybridized carbons (Fsp3) is 0.455. The quantitative estimate of drug-likeness (QED) is 0.143. The molecular formula is C11H16ClN4O13P3. The van der Waals surface area contributed by atoms with Gasteiger partial charge in [-0.15, -0.1) is 0 Å². The fourth-order valence-corrected chi connectivity index (χ4v) is 5.72. The monoisotopic (exact) mass is 540 g/mol. The van der Waals surface area contributed by atoms with Crippen molar-refractivity contribution in [2.75, 3.05) is 12.3 Å². The van der Waals surface area contributed by atoms with Crippen LogP contribution in [-0.2, 0) is 31.6 Å². The summed E-state index contributed by atoms with van der Waals surface area (Å²) in [5.41, 5.74) is 8.40. The van der Waals surface area contributed by atoms with Gasteiger partial charge in [0.2, 0.25) is 0 Å². The number of phosphoric acid groups is 3. The van der Waals surface area contributed by atoms with Crippen molar-refractivity contribution >= 4 is 40.9 Å². The van der Waals surface area contributed by atoms with Crippen molar-refractivity contribution in [3.05, 3.63) is 22.7 Å². The molecular weight excluding hydrogens is 525 g/mol. The van der Waals surface area contributed by atoms with Gasteiger partial charge >= 0.3 is 29.2 Å². The number of phosphoric ester groups is 1. The molecule has 3 unspecified atom stereocenters. The minimum Gasteiger partial charge on any atom is -0.387 e. The summed E-state index contributed by atoms with van der Waals surface area (Å²) >= 11 is 5.37. The van der Waals surface area contributed by atoms with E-state index < -0.39 is 59.7 Å². The molecule has 0 aromatic carbocycles. The van der Waals surface area contributed by atoms with Crippen molar-refractivity contribution in [3.8, 4) is 11.3 Å². The average molecular weight is 541 g/mol. The fourth-order valence-electron chi connectivity index (χ4n) is 2.53. The normalized spacial score (nSPS) is 29.5. The summed E-state index contributed by atoms with van der Waals surface area (Å²) in [6.45, 7) is -1.05. The van der Waals surface area contributed by atoms with Crippen LogP contribution in [-0.4, -0.2) is 58.6 Å². The maximum Gasteiger partial charge on any atom is 0.490 e. The molecule has 0 radical (unpaired) electrons. The van der Waals surface area contributed by atoms with Gasteiger partial charge in [-0.05, 0) is 17.7 Å². The number of ether oxygens (including phenoxy) is 1. The highest BCUT2D eigenvalue weighted by molar-refractivity contribution is 7.66. The van der Waals surface area contributed by atoms with E-state index in [1.807, 2.05) is 5.38 Å². The second kappa shape index (κ2) is 9.59. The number of nitrogen functional groups attached to an aromatic ring is 1. The Morgan fingerprint density at radius 3 is 2.41 bits per heavy atom. The topological polar surface area (TPSA) is 276 Å². The summed E-state index contributed by atoms with van der Waals surface area (Å²) in [4.78, 5) is 51.3. The molecule has 1 fully saturated rings. The van der Waals surface area contributed by atoms with Crippen LogP contribution in [0.25, 0.3) is 0 Å². The molecule has 0 amide bonds. The van der Waals surface area contributed by atoms with Crippen LogP contribution in [0.1, 0.15) is 6.23 Å². The Morgan fingerprint density at radius 1 is 1.25 bits per heavy atom. The van der Waals surface area contributed by atoms with Crippen molar-refractivity contribution in [1.29, 1.82) is 0 Å². The van der Waals surface area contributed by atoms with Crippen molar-refractivity contribution in [2.45, 2.75) is 24.0 Å². The van der Waals surface area contributed by atoms with Crippen molar-refractivity contribution in [1.82, 2.24) is 9.55 Å². The molecule has 32 heavy (non-hydrogen) atoms. The zero-order valence-corrected chi connectivity index (χ0v) is 18.8. The Kier molecular flexibility index (Phi) is 8.11. The molecule has 0 bridgehead atoms. The molecule has 9 N–H and O–H groups in total. The van der Waals surface area contributed by atoms with Crippen molar-refractivity contribution < 1.29 is 56.3 Å². The van der Waals surface area contributed by atoms with E-state index in [-0.39, 0.29) is 5.82 Å². The van der Waals surface area contributed by atoms with Gasteiger partial charge in [0.1, 0.15) is 18.0 Å². The van der Waals surface area contributed by atoms with E-state index in [0.717, 1.165) is 10.8 Å². The van der Waals surface area contributed by atoms with Crippen LogP contribution in [0, 0.1) is 11.3 Å². The predicted molar refractivity (Wildman–Crippen MR) is 103 cm³/mol. The Labute approximate surface area is 183 Å². The van der Waals surface area contributed by atoms with Crippen LogP contribution in [0.3, 0.4) is 0 Å². The second-order valence-corrected chi connectivity index (χ2v) is 10.7. The first-order valence-corrected chi connectivity index (χ1v) is 12.8. The summed E-state index contributed by atoms with van der Waals surface area (Å²) in [7, 11) is -16.9. The number of nitrogens with two attached hydrogens (primary N) is 2. The van der Waals surface area contributed by atoms with Crippen LogP contribution in [0.5, 0.6) is 0 Å². The SMILES string of the molecule is Nc1ccn([C@@H]2O[C@H](COP(=O)(O)OP(=O)(O)OP(=O)(O)O)[C@H](O)C2(N)C#CCl)c(=O)n1.